The van der Waals surface area contributed by atoms with Crippen LogP contribution in [0.5, 0.6) is 0 Å². The number of hydrogen-bond donors (Lipinski definition) is 2. The fourth-order valence-corrected chi connectivity index (χ4v) is 3.36. The van der Waals surface area contributed by atoms with E-state index in [1.807, 2.05) is 49.4 Å². The summed E-state index contributed by atoms with van der Waals surface area (Å²) in [5.41, 5.74) is 8.92. The molecule has 3 N–H and O–H groups in total. The van der Waals surface area contributed by atoms with E-state index in [0.29, 0.717) is 17.1 Å². The number of carbonyl (C=O) groups excluding carboxylic acids is 1. The number of benzene rings is 2. The highest BCUT2D eigenvalue weighted by Crippen LogP contribution is 2.33. The van der Waals surface area contributed by atoms with Crippen molar-refractivity contribution in [3.8, 4) is 0 Å². The van der Waals surface area contributed by atoms with Crippen LogP contribution in [0, 0.1) is 6.92 Å². The number of carbonyl (C=O) groups is 1. The molecule has 21 heavy (non-hydrogen) atoms. The second-order valence-electron chi connectivity index (χ2n) is 5.01. The summed E-state index contributed by atoms with van der Waals surface area (Å²) in [7, 11) is 0. The predicted octanol–water partition coefficient (Wildman–Crippen LogP) is 3.72. The van der Waals surface area contributed by atoms with Crippen LogP contribution in [0.25, 0.3) is 10.1 Å². The van der Waals surface area contributed by atoms with Gasteiger partial charge in [-0.05, 0) is 18.6 Å². The lowest BCUT2D eigenvalue weighted by molar-refractivity contribution is 0.0956. The molecule has 0 bridgehead atoms. The summed E-state index contributed by atoms with van der Waals surface area (Å²) in [6.07, 6.45) is 0. The first-order chi connectivity index (χ1) is 10.1. The number of rotatable bonds is 3. The number of fused-ring (bicyclic) bond motifs is 1. The maximum absolute atomic E-state index is 12.3. The first-order valence-corrected chi connectivity index (χ1v) is 7.57. The second kappa shape index (κ2) is 5.58. The third kappa shape index (κ3) is 2.76. The third-order valence-corrected chi connectivity index (χ3v) is 4.56. The highest BCUT2D eigenvalue weighted by molar-refractivity contribution is 7.21. The van der Waals surface area contributed by atoms with E-state index in [4.69, 9.17) is 5.73 Å². The van der Waals surface area contributed by atoms with Gasteiger partial charge in [-0.15, -0.1) is 11.3 Å². The smallest absolute Gasteiger partial charge is 0.263 e. The number of anilines is 1. The number of nitrogens with two attached hydrogens (primary N) is 1. The van der Waals surface area contributed by atoms with E-state index in [9.17, 15) is 4.79 Å². The van der Waals surface area contributed by atoms with Crippen molar-refractivity contribution < 1.29 is 4.79 Å². The van der Waals surface area contributed by atoms with E-state index in [2.05, 4.69) is 11.4 Å². The van der Waals surface area contributed by atoms with Crippen molar-refractivity contribution in [2.24, 2.45) is 0 Å². The monoisotopic (exact) mass is 296 g/mol. The van der Waals surface area contributed by atoms with E-state index < -0.39 is 0 Å². The standard InChI is InChI=1S/C17H16N2OS/c1-11-5-4-6-12(9-11)10-19-17(20)16-15(18)13-7-2-3-8-14(13)21-16/h2-9H,10,18H2,1H3,(H,19,20). The Bertz CT molecular complexity index is 807. The lowest BCUT2D eigenvalue weighted by Crippen LogP contribution is -2.22. The summed E-state index contributed by atoms with van der Waals surface area (Å²) in [5, 5.41) is 3.88. The van der Waals surface area contributed by atoms with E-state index in [1.165, 1.54) is 16.9 Å². The SMILES string of the molecule is Cc1cccc(CNC(=O)c2sc3ccccc3c2N)c1. The van der Waals surface area contributed by atoms with Gasteiger partial charge in [0.2, 0.25) is 0 Å². The van der Waals surface area contributed by atoms with Crippen molar-refractivity contribution in [2.75, 3.05) is 5.73 Å². The lowest BCUT2D eigenvalue weighted by Gasteiger charge is -2.05. The van der Waals surface area contributed by atoms with E-state index in [-0.39, 0.29) is 5.91 Å². The highest BCUT2D eigenvalue weighted by atomic mass is 32.1. The van der Waals surface area contributed by atoms with Crippen molar-refractivity contribution in [2.45, 2.75) is 13.5 Å². The summed E-state index contributed by atoms with van der Waals surface area (Å²) in [6, 6.07) is 15.9. The van der Waals surface area contributed by atoms with Crippen LogP contribution in [0.3, 0.4) is 0 Å². The first-order valence-electron chi connectivity index (χ1n) is 6.76. The molecule has 1 amide bonds. The molecule has 3 aromatic rings. The third-order valence-electron chi connectivity index (χ3n) is 3.38. The molecule has 0 spiro atoms. The first kappa shape index (κ1) is 13.6. The molecule has 106 valence electrons. The van der Waals surface area contributed by atoms with E-state index in [1.54, 1.807) is 0 Å². The molecule has 0 saturated carbocycles. The van der Waals surface area contributed by atoms with Gasteiger partial charge in [-0.3, -0.25) is 4.79 Å². The predicted molar refractivity (Wildman–Crippen MR) is 88.6 cm³/mol. The Hall–Kier alpha value is -2.33. The minimum absolute atomic E-state index is 0.116. The number of nitrogen functional groups attached to an aromatic ring is 1. The molecule has 0 saturated heterocycles. The molecule has 0 aliphatic heterocycles. The zero-order chi connectivity index (χ0) is 14.8. The van der Waals surface area contributed by atoms with Gasteiger partial charge in [0.15, 0.2) is 0 Å². The van der Waals surface area contributed by atoms with Gasteiger partial charge >= 0.3 is 0 Å². The van der Waals surface area contributed by atoms with Gasteiger partial charge in [-0.25, -0.2) is 0 Å². The van der Waals surface area contributed by atoms with Crippen LogP contribution >= 0.6 is 11.3 Å². The van der Waals surface area contributed by atoms with E-state index >= 15 is 0 Å². The Morgan fingerprint density at radius 1 is 1.19 bits per heavy atom. The molecule has 3 rings (SSSR count). The summed E-state index contributed by atoms with van der Waals surface area (Å²) in [4.78, 5) is 12.9. The normalized spacial score (nSPS) is 10.7. The molecule has 1 heterocycles. The van der Waals surface area contributed by atoms with Gasteiger partial charge < -0.3 is 11.1 Å². The Morgan fingerprint density at radius 2 is 2.00 bits per heavy atom. The molecule has 0 unspecified atom stereocenters. The average molecular weight is 296 g/mol. The van der Waals surface area contributed by atoms with Crippen molar-refractivity contribution in [1.82, 2.24) is 5.32 Å². The Labute approximate surface area is 127 Å². The molecule has 0 atom stereocenters. The Morgan fingerprint density at radius 3 is 2.76 bits per heavy atom. The molecule has 0 radical (unpaired) electrons. The number of amides is 1. The Balaban J connectivity index is 1.79. The van der Waals surface area contributed by atoms with E-state index in [0.717, 1.165) is 15.6 Å². The summed E-state index contributed by atoms with van der Waals surface area (Å²) in [6.45, 7) is 2.55. The fraction of sp³-hybridized carbons (Fsp3) is 0.118. The molecule has 1 aromatic heterocycles. The van der Waals surface area contributed by atoms with Gasteiger partial charge in [-0.2, -0.15) is 0 Å². The largest absolute Gasteiger partial charge is 0.397 e. The van der Waals surface area contributed by atoms with Crippen LogP contribution in [0.2, 0.25) is 0 Å². The summed E-state index contributed by atoms with van der Waals surface area (Å²) >= 11 is 1.43. The molecular formula is C17H16N2OS. The topological polar surface area (TPSA) is 55.1 Å². The van der Waals surface area contributed by atoms with Crippen LogP contribution in [0.15, 0.2) is 48.5 Å². The molecule has 0 aliphatic rings. The van der Waals surface area contributed by atoms with Crippen LogP contribution in [-0.2, 0) is 6.54 Å². The van der Waals surface area contributed by atoms with Crippen molar-refractivity contribution in [3.63, 3.8) is 0 Å². The zero-order valence-electron chi connectivity index (χ0n) is 11.7. The van der Waals surface area contributed by atoms with Gasteiger partial charge in [0.25, 0.3) is 5.91 Å². The molecular weight excluding hydrogens is 280 g/mol. The second-order valence-corrected chi connectivity index (χ2v) is 6.06. The number of nitrogens with one attached hydrogen (secondary N) is 1. The molecule has 0 aliphatic carbocycles. The number of thiophene rings is 1. The number of hydrogen-bond acceptors (Lipinski definition) is 3. The van der Waals surface area contributed by atoms with Crippen LogP contribution in [-0.4, -0.2) is 5.91 Å². The van der Waals surface area contributed by atoms with Crippen molar-refractivity contribution >= 4 is 33.0 Å². The van der Waals surface area contributed by atoms with Gasteiger partial charge in [-0.1, -0.05) is 48.0 Å². The molecule has 3 nitrogen and oxygen atoms in total. The van der Waals surface area contributed by atoms with Crippen LogP contribution in [0.1, 0.15) is 20.8 Å². The molecule has 2 aromatic carbocycles. The van der Waals surface area contributed by atoms with Gasteiger partial charge in [0, 0.05) is 16.6 Å². The summed E-state index contributed by atoms with van der Waals surface area (Å²) < 4.78 is 1.04. The lowest BCUT2D eigenvalue weighted by atomic mass is 10.1. The quantitative estimate of drug-likeness (QED) is 0.774. The maximum Gasteiger partial charge on any atom is 0.263 e. The molecule has 4 heteroatoms. The van der Waals surface area contributed by atoms with Crippen LogP contribution < -0.4 is 11.1 Å². The minimum Gasteiger partial charge on any atom is -0.397 e. The van der Waals surface area contributed by atoms with Crippen molar-refractivity contribution in [3.05, 3.63) is 64.5 Å². The zero-order valence-corrected chi connectivity index (χ0v) is 12.5. The van der Waals surface area contributed by atoms with Gasteiger partial charge in [0.05, 0.1) is 5.69 Å². The van der Waals surface area contributed by atoms with Crippen LogP contribution in [0.4, 0.5) is 5.69 Å². The average Bonchev–Trinajstić information content (AvgIpc) is 2.83. The van der Waals surface area contributed by atoms with Gasteiger partial charge in [0.1, 0.15) is 4.88 Å². The number of aryl methyl sites for hydroxylation is 1. The highest BCUT2D eigenvalue weighted by Gasteiger charge is 2.15. The minimum atomic E-state index is -0.116. The Kier molecular flexibility index (Phi) is 3.62. The summed E-state index contributed by atoms with van der Waals surface area (Å²) in [5.74, 6) is -0.116. The molecule has 0 fully saturated rings. The van der Waals surface area contributed by atoms with Crippen molar-refractivity contribution in [1.29, 1.82) is 0 Å². The fourth-order valence-electron chi connectivity index (χ4n) is 2.32. The maximum atomic E-state index is 12.3.